The lowest BCUT2D eigenvalue weighted by molar-refractivity contribution is 1.05. The maximum atomic E-state index is 6.08. The van der Waals surface area contributed by atoms with Gasteiger partial charge in [0.05, 0.1) is 17.6 Å². The van der Waals surface area contributed by atoms with Crippen molar-refractivity contribution in [2.24, 2.45) is 0 Å². The maximum absolute atomic E-state index is 6.08. The van der Waals surface area contributed by atoms with E-state index in [1.54, 1.807) is 6.20 Å². The van der Waals surface area contributed by atoms with E-state index in [0.717, 1.165) is 27.6 Å². The molecule has 0 aliphatic carbocycles. The van der Waals surface area contributed by atoms with Crippen molar-refractivity contribution < 1.29 is 0 Å². The van der Waals surface area contributed by atoms with Crippen LogP contribution in [0.3, 0.4) is 0 Å². The van der Waals surface area contributed by atoms with Crippen LogP contribution in [-0.2, 0) is 0 Å². The van der Waals surface area contributed by atoms with Gasteiger partial charge in [0.2, 0.25) is 5.95 Å². The van der Waals surface area contributed by atoms with Crippen LogP contribution >= 0.6 is 22.9 Å². The maximum Gasteiger partial charge on any atom is 0.207 e. The molecule has 0 atom stereocenters. The first-order valence-electron chi connectivity index (χ1n) is 7.33. The Morgan fingerprint density at radius 3 is 2.46 bits per heavy atom. The van der Waals surface area contributed by atoms with E-state index in [1.165, 1.54) is 11.3 Å². The van der Waals surface area contributed by atoms with Crippen LogP contribution in [0.1, 0.15) is 0 Å². The first-order valence-corrected chi connectivity index (χ1v) is 8.58. The number of rotatable bonds is 3. The van der Waals surface area contributed by atoms with Gasteiger partial charge < -0.3 is 5.73 Å². The fourth-order valence-corrected chi connectivity index (χ4v) is 3.48. The van der Waals surface area contributed by atoms with Gasteiger partial charge in [-0.15, -0.1) is 11.3 Å². The largest absolute Gasteiger partial charge is 0.369 e. The first-order chi connectivity index (χ1) is 11.7. The molecule has 0 radical (unpaired) electrons. The number of aromatic nitrogens is 3. The molecule has 0 amide bonds. The van der Waals surface area contributed by atoms with E-state index in [4.69, 9.17) is 22.3 Å². The Morgan fingerprint density at radius 1 is 0.958 bits per heavy atom. The normalized spacial score (nSPS) is 10.9. The molecular formula is C18H13ClN4S. The number of anilines is 1. The number of hydrogen-bond acceptors (Lipinski definition) is 4. The second-order valence-electron chi connectivity index (χ2n) is 5.23. The zero-order valence-electron chi connectivity index (χ0n) is 12.6. The smallest absolute Gasteiger partial charge is 0.207 e. The van der Waals surface area contributed by atoms with E-state index >= 15 is 0 Å². The lowest BCUT2D eigenvalue weighted by Crippen LogP contribution is -2.02. The summed E-state index contributed by atoms with van der Waals surface area (Å²) >= 11 is 7.48. The predicted molar refractivity (Wildman–Crippen MR) is 99.5 cm³/mol. The Balaban J connectivity index is 1.78. The molecule has 0 aliphatic heterocycles. The van der Waals surface area contributed by atoms with Crippen molar-refractivity contribution in [2.75, 3.05) is 5.73 Å². The van der Waals surface area contributed by atoms with Gasteiger partial charge in [-0.25, -0.2) is 9.97 Å². The summed E-state index contributed by atoms with van der Waals surface area (Å²) < 4.78 is 1.87. The molecule has 4 nitrogen and oxygen atoms in total. The Kier molecular flexibility index (Phi) is 3.80. The number of nitrogens with two attached hydrogens (primary N) is 1. The van der Waals surface area contributed by atoms with E-state index in [2.05, 4.69) is 4.98 Å². The summed E-state index contributed by atoms with van der Waals surface area (Å²) in [6, 6.07) is 17.6. The first kappa shape index (κ1) is 14.9. The number of thiazole rings is 1. The minimum atomic E-state index is 0.422. The van der Waals surface area contributed by atoms with Crippen LogP contribution in [0, 0.1) is 0 Å². The zero-order chi connectivity index (χ0) is 16.5. The molecule has 2 aromatic heterocycles. The highest BCUT2D eigenvalue weighted by Crippen LogP contribution is 2.30. The highest BCUT2D eigenvalue weighted by Gasteiger charge is 2.15. The zero-order valence-corrected chi connectivity index (χ0v) is 14.1. The molecule has 6 heteroatoms. The van der Waals surface area contributed by atoms with Crippen molar-refractivity contribution in [1.29, 1.82) is 0 Å². The molecule has 0 fully saturated rings. The van der Waals surface area contributed by atoms with Crippen molar-refractivity contribution in [3.8, 4) is 27.6 Å². The van der Waals surface area contributed by atoms with Crippen LogP contribution < -0.4 is 5.73 Å². The average Bonchev–Trinajstić information content (AvgIpc) is 3.23. The van der Waals surface area contributed by atoms with Crippen LogP contribution in [0.4, 0.5) is 5.95 Å². The van der Waals surface area contributed by atoms with E-state index in [-0.39, 0.29) is 0 Å². The number of halogens is 1. The molecule has 0 bridgehead atoms. The van der Waals surface area contributed by atoms with Crippen molar-refractivity contribution >= 4 is 28.9 Å². The Labute approximate surface area is 148 Å². The molecule has 2 aromatic carbocycles. The highest BCUT2D eigenvalue weighted by molar-refractivity contribution is 7.12. The summed E-state index contributed by atoms with van der Waals surface area (Å²) in [4.78, 5) is 8.97. The van der Waals surface area contributed by atoms with Crippen molar-refractivity contribution in [3.63, 3.8) is 0 Å². The number of benzene rings is 2. The molecule has 0 unspecified atom stereocenters. The number of nitrogens with zero attached hydrogens (tertiary/aromatic N) is 3. The summed E-state index contributed by atoms with van der Waals surface area (Å²) in [5, 5.41) is 3.50. The van der Waals surface area contributed by atoms with Crippen molar-refractivity contribution in [2.45, 2.75) is 0 Å². The van der Waals surface area contributed by atoms with Crippen LogP contribution in [0.2, 0.25) is 5.02 Å². The molecule has 4 aromatic rings. The number of nitrogen functional groups attached to an aromatic ring is 1. The highest BCUT2D eigenvalue weighted by atomic mass is 35.5. The molecule has 0 spiro atoms. The summed E-state index contributed by atoms with van der Waals surface area (Å²) in [6.45, 7) is 0. The van der Waals surface area contributed by atoms with E-state index in [9.17, 15) is 0 Å². The fourth-order valence-electron chi connectivity index (χ4n) is 2.50. The number of imidazole rings is 1. The van der Waals surface area contributed by atoms with Crippen LogP contribution in [0.15, 0.2) is 66.2 Å². The Bertz CT molecular complexity index is 974. The van der Waals surface area contributed by atoms with Crippen molar-refractivity contribution in [1.82, 2.24) is 14.5 Å². The van der Waals surface area contributed by atoms with E-state index in [1.807, 2.05) is 64.5 Å². The van der Waals surface area contributed by atoms with Gasteiger partial charge in [-0.2, -0.15) is 0 Å². The molecule has 0 saturated heterocycles. The van der Waals surface area contributed by atoms with Gasteiger partial charge in [0.1, 0.15) is 0 Å². The minimum absolute atomic E-state index is 0.422. The molecule has 0 aliphatic rings. The van der Waals surface area contributed by atoms with Gasteiger partial charge in [-0.3, -0.25) is 4.57 Å². The van der Waals surface area contributed by atoms with Crippen LogP contribution in [0.25, 0.3) is 27.6 Å². The molecule has 0 saturated carbocycles. The quantitative estimate of drug-likeness (QED) is 0.570. The lowest BCUT2D eigenvalue weighted by Gasteiger charge is -2.06. The summed E-state index contributed by atoms with van der Waals surface area (Å²) in [7, 11) is 0. The lowest BCUT2D eigenvalue weighted by atomic mass is 10.2. The van der Waals surface area contributed by atoms with Crippen molar-refractivity contribution in [3.05, 3.63) is 71.2 Å². The molecule has 24 heavy (non-hydrogen) atoms. The third-order valence-electron chi connectivity index (χ3n) is 3.68. The predicted octanol–water partition coefficient (Wildman–Crippen LogP) is 4.90. The number of hydrogen-bond donors (Lipinski definition) is 1. The van der Waals surface area contributed by atoms with Gasteiger partial charge in [-0.05, 0) is 12.1 Å². The van der Waals surface area contributed by atoms with Crippen LogP contribution in [-0.4, -0.2) is 14.5 Å². The van der Waals surface area contributed by atoms with E-state index in [0.29, 0.717) is 11.0 Å². The Morgan fingerprint density at radius 2 is 1.71 bits per heavy atom. The minimum Gasteiger partial charge on any atom is -0.369 e. The molecule has 2 heterocycles. The monoisotopic (exact) mass is 352 g/mol. The van der Waals surface area contributed by atoms with Gasteiger partial charge in [0, 0.05) is 21.5 Å². The molecular weight excluding hydrogens is 340 g/mol. The van der Waals surface area contributed by atoms with Gasteiger partial charge in [0.15, 0.2) is 5.13 Å². The average molecular weight is 353 g/mol. The second kappa shape index (κ2) is 6.11. The Hall–Kier alpha value is -2.63. The van der Waals surface area contributed by atoms with Gasteiger partial charge in [-0.1, -0.05) is 54.1 Å². The SMILES string of the molecule is Nc1ncc(-c2ccccc2)n1-c1nc(-c2ccc(Cl)cc2)cs1. The van der Waals surface area contributed by atoms with Gasteiger partial charge >= 0.3 is 0 Å². The van der Waals surface area contributed by atoms with Gasteiger partial charge in [0.25, 0.3) is 0 Å². The summed E-state index contributed by atoms with van der Waals surface area (Å²) in [5.74, 6) is 0.422. The topological polar surface area (TPSA) is 56.7 Å². The molecule has 2 N–H and O–H groups in total. The standard InChI is InChI=1S/C18H13ClN4S/c19-14-8-6-12(7-9-14)15-11-24-18(22-15)23-16(10-21-17(23)20)13-4-2-1-3-5-13/h1-11H,(H2,20,21). The third kappa shape index (κ3) is 2.68. The second-order valence-corrected chi connectivity index (χ2v) is 6.50. The van der Waals surface area contributed by atoms with Crippen LogP contribution in [0.5, 0.6) is 0 Å². The third-order valence-corrected chi connectivity index (χ3v) is 4.76. The summed E-state index contributed by atoms with van der Waals surface area (Å²) in [5.41, 5.74) is 9.95. The molecule has 118 valence electrons. The fraction of sp³-hybridized carbons (Fsp3) is 0. The van der Waals surface area contributed by atoms with E-state index < -0.39 is 0 Å². The summed E-state index contributed by atoms with van der Waals surface area (Å²) in [6.07, 6.45) is 1.77. The molecule has 4 rings (SSSR count).